The lowest BCUT2D eigenvalue weighted by atomic mass is 10.1. The fourth-order valence-corrected chi connectivity index (χ4v) is 6.27. The summed E-state index contributed by atoms with van der Waals surface area (Å²) < 4.78 is 28.0. The zero-order chi connectivity index (χ0) is 15.1. The second-order valence-corrected chi connectivity index (χ2v) is 9.58. The van der Waals surface area contributed by atoms with E-state index in [0.717, 1.165) is 22.6 Å². The molecule has 0 radical (unpaired) electrons. The second-order valence-electron chi connectivity index (χ2n) is 5.20. The molecule has 20 heavy (non-hydrogen) atoms. The number of aryl methyl sites for hydroxylation is 1. The Bertz CT molecular complexity index is 568. The predicted molar refractivity (Wildman–Crippen MR) is 84.6 cm³/mol. The molecule has 1 aliphatic rings. The van der Waals surface area contributed by atoms with Gasteiger partial charge in [-0.15, -0.1) is 0 Å². The lowest BCUT2D eigenvalue weighted by Crippen LogP contribution is -2.57. The quantitative estimate of drug-likeness (QED) is 0.805. The maximum Gasteiger partial charge on any atom is 0.270 e. The van der Waals surface area contributed by atoms with Gasteiger partial charge in [-0.25, -0.2) is 13.4 Å². The van der Waals surface area contributed by atoms with E-state index in [-0.39, 0.29) is 16.4 Å². The SMILES string of the molecule is CCN1CC(C)N(S(=O)(=O)c2nc(C)c(Br)s2)CC1C. The minimum Gasteiger partial charge on any atom is -0.298 e. The molecule has 0 spiro atoms. The van der Waals surface area contributed by atoms with Gasteiger partial charge in [-0.3, -0.25) is 4.90 Å². The van der Waals surface area contributed by atoms with Gasteiger partial charge in [0.25, 0.3) is 10.0 Å². The summed E-state index contributed by atoms with van der Waals surface area (Å²) in [6.07, 6.45) is 0. The highest BCUT2D eigenvalue weighted by Gasteiger charge is 2.38. The monoisotopic (exact) mass is 381 g/mol. The van der Waals surface area contributed by atoms with E-state index in [1.165, 1.54) is 11.3 Å². The van der Waals surface area contributed by atoms with E-state index in [0.29, 0.717) is 6.54 Å². The molecular formula is C12H20BrN3O2S2. The average Bonchev–Trinajstić information content (AvgIpc) is 2.72. The van der Waals surface area contributed by atoms with Crippen molar-refractivity contribution >= 4 is 37.3 Å². The molecule has 2 heterocycles. The van der Waals surface area contributed by atoms with Crippen LogP contribution in [0.4, 0.5) is 0 Å². The van der Waals surface area contributed by atoms with Crippen molar-refractivity contribution in [2.75, 3.05) is 19.6 Å². The summed E-state index contributed by atoms with van der Waals surface area (Å²) >= 11 is 4.53. The first-order chi connectivity index (χ1) is 9.27. The van der Waals surface area contributed by atoms with Crippen LogP contribution in [0, 0.1) is 6.92 Å². The maximum atomic E-state index is 12.7. The van der Waals surface area contributed by atoms with Gasteiger partial charge in [0.05, 0.1) is 9.48 Å². The van der Waals surface area contributed by atoms with E-state index in [1.54, 1.807) is 11.2 Å². The van der Waals surface area contributed by atoms with Gasteiger partial charge in [0, 0.05) is 25.2 Å². The van der Waals surface area contributed by atoms with Crippen molar-refractivity contribution in [3.8, 4) is 0 Å². The molecule has 8 heteroatoms. The number of thiazole rings is 1. The molecular weight excluding hydrogens is 362 g/mol. The summed E-state index contributed by atoms with van der Waals surface area (Å²) in [4.78, 5) is 6.49. The lowest BCUT2D eigenvalue weighted by molar-refractivity contribution is 0.0982. The molecule has 0 aliphatic carbocycles. The van der Waals surface area contributed by atoms with E-state index in [4.69, 9.17) is 0 Å². The predicted octanol–water partition coefficient (Wildman–Crippen LogP) is 2.32. The smallest absolute Gasteiger partial charge is 0.270 e. The highest BCUT2D eigenvalue weighted by Crippen LogP contribution is 2.31. The number of sulfonamides is 1. The van der Waals surface area contributed by atoms with Crippen molar-refractivity contribution in [1.82, 2.24) is 14.2 Å². The average molecular weight is 382 g/mol. The minimum absolute atomic E-state index is 0.0286. The zero-order valence-electron chi connectivity index (χ0n) is 12.1. The largest absolute Gasteiger partial charge is 0.298 e. The summed E-state index contributed by atoms with van der Waals surface area (Å²) in [5, 5.41) is 0. The Balaban J connectivity index is 2.30. The topological polar surface area (TPSA) is 53.5 Å². The first kappa shape index (κ1) is 16.4. The van der Waals surface area contributed by atoms with E-state index in [1.807, 2.05) is 6.92 Å². The third-order valence-corrected chi connectivity index (χ3v) is 8.05. The number of halogens is 1. The van der Waals surface area contributed by atoms with Crippen molar-refractivity contribution in [2.24, 2.45) is 0 Å². The molecule has 1 aromatic rings. The molecule has 0 aromatic carbocycles. The number of nitrogens with zero attached hydrogens (tertiary/aromatic N) is 3. The summed E-state index contributed by atoms with van der Waals surface area (Å²) in [6, 6.07) is 0.203. The molecule has 0 saturated carbocycles. The Kier molecular flexibility index (Phi) is 4.91. The number of likely N-dealkylation sites (N-methyl/N-ethyl adjacent to an activating group) is 1. The molecule has 0 N–H and O–H groups in total. The van der Waals surface area contributed by atoms with Crippen LogP contribution in [0.2, 0.25) is 0 Å². The van der Waals surface area contributed by atoms with Crippen molar-refractivity contribution in [3.63, 3.8) is 0 Å². The molecule has 1 aromatic heterocycles. The van der Waals surface area contributed by atoms with Crippen LogP contribution in [0.5, 0.6) is 0 Å². The number of hydrogen-bond acceptors (Lipinski definition) is 5. The van der Waals surface area contributed by atoms with Gasteiger partial charge in [-0.2, -0.15) is 4.31 Å². The van der Waals surface area contributed by atoms with Gasteiger partial charge >= 0.3 is 0 Å². The zero-order valence-corrected chi connectivity index (χ0v) is 15.3. The maximum absolute atomic E-state index is 12.7. The summed E-state index contributed by atoms with van der Waals surface area (Å²) in [5.74, 6) is 0. The first-order valence-corrected chi connectivity index (χ1v) is 9.71. The van der Waals surface area contributed by atoms with Crippen LogP contribution in [-0.2, 0) is 10.0 Å². The van der Waals surface area contributed by atoms with Crippen molar-refractivity contribution in [2.45, 2.75) is 44.1 Å². The third-order valence-electron chi connectivity index (χ3n) is 3.71. The van der Waals surface area contributed by atoms with Crippen molar-refractivity contribution in [1.29, 1.82) is 0 Å². The van der Waals surface area contributed by atoms with Gasteiger partial charge in [0.15, 0.2) is 0 Å². The molecule has 0 amide bonds. The number of hydrogen-bond donors (Lipinski definition) is 0. The lowest BCUT2D eigenvalue weighted by Gasteiger charge is -2.42. The van der Waals surface area contributed by atoms with Crippen LogP contribution < -0.4 is 0 Å². The highest BCUT2D eigenvalue weighted by molar-refractivity contribution is 9.11. The Hall–Kier alpha value is -0.0200. The van der Waals surface area contributed by atoms with Gasteiger partial charge in [0.2, 0.25) is 4.34 Å². The Morgan fingerprint density at radius 3 is 2.50 bits per heavy atom. The Morgan fingerprint density at radius 2 is 2.00 bits per heavy atom. The van der Waals surface area contributed by atoms with Gasteiger partial charge in [0.1, 0.15) is 0 Å². The highest BCUT2D eigenvalue weighted by atomic mass is 79.9. The van der Waals surface area contributed by atoms with E-state index >= 15 is 0 Å². The van der Waals surface area contributed by atoms with Crippen LogP contribution in [0.25, 0.3) is 0 Å². The Labute approximate surface area is 133 Å². The number of piperazine rings is 1. The van der Waals surface area contributed by atoms with Gasteiger partial charge < -0.3 is 0 Å². The van der Waals surface area contributed by atoms with Gasteiger partial charge in [-0.1, -0.05) is 18.3 Å². The van der Waals surface area contributed by atoms with Crippen LogP contribution in [0.15, 0.2) is 8.13 Å². The fraction of sp³-hybridized carbons (Fsp3) is 0.750. The summed E-state index contributed by atoms with van der Waals surface area (Å²) in [6.45, 7) is 10.2. The molecule has 1 saturated heterocycles. The van der Waals surface area contributed by atoms with Crippen LogP contribution >= 0.6 is 27.3 Å². The number of aromatic nitrogens is 1. The first-order valence-electron chi connectivity index (χ1n) is 6.66. The van der Waals surface area contributed by atoms with Crippen LogP contribution in [0.3, 0.4) is 0 Å². The van der Waals surface area contributed by atoms with Crippen LogP contribution in [0.1, 0.15) is 26.5 Å². The van der Waals surface area contributed by atoms with Crippen LogP contribution in [-0.4, -0.2) is 54.3 Å². The minimum atomic E-state index is -3.49. The van der Waals surface area contributed by atoms with E-state index < -0.39 is 10.0 Å². The third kappa shape index (κ3) is 2.94. The molecule has 2 unspecified atom stereocenters. The Morgan fingerprint density at radius 1 is 1.35 bits per heavy atom. The summed E-state index contributed by atoms with van der Waals surface area (Å²) in [7, 11) is -3.49. The molecule has 0 bridgehead atoms. The van der Waals surface area contributed by atoms with Crippen molar-refractivity contribution in [3.05, 3.63) is 9.48 Å². The summed E-state index contributed by atoms with van der Waals surface area (Å²) in [5.41, 5.74) is 0.724. The molecule has 1 aliphatic heterocycles. The van der Waals surface area contributed by atoms with E-state index in [2.05, 4.69) is 39.7 Å². The molecule has 1 fully saturated rings. The van der Waals surface area contributed by atoms with Gasteiger partial charge in [-0.05, 0) is 43.2 Å². The molecule has 5 nitrogen and oxygen atoms in total. The standard InChI is InChI=1S/C12H20BrN3O2S2/c1-5-15-6-9(3)16(7-8(15)2)20(17,18)12-14-10(4)11(13)19-12/h8-9H,5-7H2,1-4H3. The molecule has 2 atom stereocenters. The second kappa shape index (κ2) is 6.00. The number of rotatable bonds is 3. The normalized spacial score (nSPS) is 26.1. The molecule has 114 valence electrons. The molecule has 2 rings (SSSR count). The fourth-order valence-electron chi connectivity index (χ4n) is 2.51. The van der Waals surface area contributed by atoms with E-state index in [9.17, 15) is 8.42 Å². The van der Waals surface area contributed by atoms with Crippen molar-refractivity contribution < 1.29 is 8.42 Å².